The van der Waals surface area contributed by atoms with Crippen LogP contribution in [0.2, 0.25) is 0 Å². The highest BCUT2D eigenvalue weighted by Gasteiger charge is 2.10. The maximum atomic E-state index is 5.32. The molecule has 0 aliphatic carbocycles. The van der Waals surface area contributed by atoms with Crippen molar-refractivity contribution in [2.24, 2.45) is 0 Å². The van der Waals surface area contributed by atoms with Crippen LogP contribution in [-0.4, -0.2) is 39.8 Å². The van der Waals surface area contributed by atoms with Gasteiger partial charge in [0.2, 0.25) is 0 Å². The van der Waals surface area contributed by atoms with E-state index in [4.69, 9.17) is 9.47 Å². The number of aryl methyl sites for hydroxylation is 1. The second kappa shape index (κ2) is 6.87. The average Bonchev–Trinajstić information content (AvgIpc) is 2.27. The summed E-state index contributed by atoms with van der Waals surface area (Å²) in [7, 11) is 7.48. The molecule has 0 bridgehead atoms. The fourth-order valence-corrected chi connectivity index (χ4v) is 2.37. The van der Waals surface area contributed by atoms with Gasteiger partial charge in [-0.25, -0.2) is 0 Å². The fourth-order valence-electron chi connectivity index (χ4n) is 1.72. The zero-order chi connectivity index (χ0) is 12.8. The highest BCUT2D eigenvalue weighted by molar-refractivity contribution is 9.10. The molecule has 0 aliphatic rings. The third-order valence-electron chi connectivity index (χ3n) is 2.56. The first kappa shape index (κ1) is 14.3. The quantitative estimate of drug-likeness (QED) is 0.806. The molecule has 0 aliphatic heterocycles. The molecule has 0 fully saturated rings. The Balaban J connectivity index is 2.77. The lowest BCUT2D eigenvalue weighted by Crippen LogP contribution is -2.13. The monoisotopic (exact) mass is 301 g/mol. The summed E-state index contributed by atoms with van der Waals surface area (Å²) in [6.45, 7) is 1.09. The zero-order valence-corrected chi connectivity index (χ0v) is 12.5. The van der Waals surface area contributed by atoms with Gasteiger partial charge in [0.15, 0.2) is 11.5 Å². The second-order valence-electron chi connectivity index (χ2n) is 4.22. The van der Waals surface area contributed by atoms with Crippen LogP contribution in [0, 0.1) is 0 Å². The molecule has 1 aromatic carbocycles. The summed E-state index contributed by atoms with van der Waals surface area (Å²) >= 11 is 3.50. The summed E-state index contributed by atoms with van der Waals surface area (Å²) in [6.07, 6.45) is 2.17. The number of methoxy groups -OCH3 is 2. The number of ether oxygens (including phenoxy) is 2. The molecule has 96 valence electrons. The van der Waals surface area contributed by atoms with E-state index in [-0.39, 0.29) is 0 Å². The Hall–Kier alpha value is -0.740. The normalized spacial score (nSPS) is 10.7. The van der Waals surface area contributed by atoms with E-state index in [0.29, 0.717) is 0 Å². The van der Waals surface area contributed by atoms with Crippen molar-refractivity contribution in [3.05, 3.63) is 22.2 Å². The SMILES string of the molecule is COc1cc(CCCN(C)C)cc(Br)c1OC. The molecule has 3 nitrogen and oxygen atoms in total. The fraction of sp³-hybridized carbons (Fsp3) is 0.538. The van der Waals surface area contributed by atoms with E-state index in [0.717, 1.165) is 35.4 Å². The van der Waals surface area contributed by atoms with E-state index in [2.05, 4.69) is 41.0 Å². The van der Waals surface area contributed by atoms with E-state index in [1.54, 1.807) is 14.2 Å². The molecule has 0 atom stereocenters. The van der Waals surface area contributed by atoms with Gasteiger partial charge in [0.25, 0.3) is 0 Å². The molecule has 17 heavy (non-hydrogen) atoms. The molecule has 1 aromatic rings. The lowest BCUT2D eigenvalue weighted by molar-refractivity contribution is 0.352. The summed E-state index contributed by atoms with van der Waals surface area (Å²) in [5, 5.41) is 0. The van der Waals surface area contributed by atoms with Crippen LogP contribution < -0.4 is 9.47 Å². The van der Waals surface area contributed by atoms with Gasteiger partial charge < -0.3 is 14.4 Å². The Morgan fingerprint density at radius 3 is 2.41 bits per heavy atom. The molecule has 0 aromatic heterocycles. The number of hydrogen-bond donors (Lipinski definition) is 0. The summed E-state index contributed by atoms with van der Waals surface area (Å²) < 4.78 is 11.5. The Kier molecular flexibility index (Phi) is 5.78. The van der Waals surface area contributed by atoms with E-state index in [1.807, 2.05) is 6.07 Å². The number of nitrogens with zero attached hydrogens (tertiary/aromatic N) is 1. The van der Waals surface area contributed by atoms with Crippen molar-refractivity contribution in [1.82, 2.24) is 4.90 Å². The summed E-state index contributed by atoms with van der Waals surface area (Å²) in [5.74, 6) is 1.53. The largest absolute Gasteiger partial charge is 0.493 e. The third-order valence-corrected chi connectivity index (χ3v) is 3.15. The number of hydrogen-bond acceptors (Lipinski definition) is 3. The minimum absolute atomic E-state index is 0.754. The van der Waals surface area contributed by atoms with E-state index in [1.165, 1.54) is 5.56 Å². The lowest BCUT2D eigenvalue weighted by Gasteiger charge is -2.13. The van der Waals surface area contributed by atoms with Gasteiger partial charge in [-0.2, -0.15) is 0 Å². The van der Waals surface area contributed by atoms with Crippen LogP contribution >= 0.6 is 15.9 Å². The number of benzene rings is 1. The van der Waals surface area contributed by atoms with Crippen molar-refractivity contribution >= 4 is 15.9 Å². The van der Waals surface area contributed by atoms with Crippen LogP contribution in [0.15, 0.2) is 16.6 Å². The molecule has 0 unspecified atom stereocenters. The van der Waals surface area contributed by atoms with Crippen LogP contribution in [0.1, 0.15) is 12.0 Å². The van der Waals surface area contributed by atoms with Gasteiger partial charge in [-0.3, -0.25) is 0 Å². The summed E-state index contributed by atoms with van der Waals surface area (Å²) in [4.78, 5) is 2.19. The Bertz CT molecular complexity index is 367. The Labute approximate surface area is 112 Å². The van der Waals surface area contributed by atoms with Crippen LogP contribution in [0.4, 0.5) is 0 Å². The van der Waals surface area contributed by atoms with Gasteiger partial charge >= 0.3 is 0 Å². The predicted molar refractivity (Wildman–Crippen MR) is 74.1 cm³/mol. The van der Waals surface area contributed by atoms with Crippen molar-refractivity contribution in [2.75, 3.05) is 34.9 Å². The zero-order valence-electron chi connectivity index (χ0n) is 10.9. The molecule has 4 heteroatoms. The van der Waals surface area contributed by atoms with Gasteiger partial charge in [-0.15, -0.1) is 0 Å². The molecule has 0 saturated carbocycles. The van der Waals surface area contributed by atoms with Crippen LogP contribution in [-0.2, 0) is 6.42 Å². The second-order valence-corrected chi connectivity index (χ2v) is 5.07. The van der Waals surface area contributed by atoms with E-state index >= 15 is 0 Å². The highest BCUT2D eigenvalue weighted by Crippen LogP contribution is 2.36. The molecule has 1 rings (SSSR count). The van der Waals surface area contributed by atoms with Gasteiger partial charge in [0.1, 0.15) is 0 Å². The molecule has 0 amide bonds. The van der Waals surface area contributed by atoms with Crippen molar-refractivity contribution < 1.29 is 9.47 Å². The maximum Gasteiger partial charge on any atom is 0.174 e. The summed E-state index contributed by atoms with van der Waals surface area (Å²) in [5.41, 5.74) is 1.26. The molecule has 0 saturated heterocycles. The molecular formula is C13H20BrNO2. The van der Waals surface area contributed by atoms with Crippen molar-refractivity contribution in [1.29, 1.82) is 0 Å². The number of halogens is 1. The molecule has 0 radical (unpaired) electrons. The predicted octanol–water partition coefficient (Wildman–Crippen LogP) is 2.96. The van der Waals surface area contributed by atoms with E-state index in [9.17, 15) is 0 Å². The average molecular weight is 302 g/mol. The third kappa shape index (κ3) is 4.21. The first-order valence-electron chi connectivity index (χ1n) is 5.63. The van der Waals surface area contributed by atoms with Crippen molar-refractivity contribution in [3.8, 4) is 11.5 Å². The minimum Gasteiger partial charge on any atom is -0.493 e. The Morgan fingerprint density at radius 1 is 1.18 bits per heavy atom. The van der Waals surface area contributed by atoms with Gasteiger partial charge in [-0.05, 0) is 67.1 Å². The van der Waals surface area contributed by atoms with Gasteiger partial charge in [0, 0.05) is 0 Å². The number of rotatable bonds is 6. The van der Waals surface area contributed by atoms with Crippen LogP contribution in [0.25, 0.3) is 0 Å². The lowest BCUT2D eigenvalue weighted by atomic mass is 10.1. The molecule has 0 N–H and O–H groups in total. The minimum atomic E-state index is 0.754. The molecule has 0 heterocycles. The maximum absolute atomic E-state index is 5.32. The Morgan fingerprint density at radius 2 is 1.88 bits per heavy atom. The highest BCUT2D eigenvalue weighted by atomic mass is 79.9. The van der Waals surface area contributed by atoms with Crippen LogP contribution in [0.5, 0.6) is 11.5 Å². The smallest absolute Gasteiger partial charge is 0.174 e. The van der Waals surface area contributed by atoms with Gasteiger partial charge in [0.05, 0.1) is 18.7 Å². The summed E-state index contributed by atoms with van der Waals surface area (Å²) in [6, 6.07) is 4.14. The topological polar surface area (TPSA) is 21.7 Å². The molecule has 0 spiro atoms. The van der Waals surface area contributed by atoms with Crippen molar-refractivity contribution in [3.63, 3.8) is 0 Å². The standard InChI is InChI=1S/C13H20BrNO2/c1-15(2)7-5-6-10-8-11(14)13(17-4)12(9-10)16-3/h8-9H,5-7H2,1-4H3. The van der Waals surface area contributed by atoms with Crippen LogP contribution in [0.3, 0.4) is 0 Å². The van der Waals surface area contributed by atoms with Gasteiger partial charge in [-0.1, -0.05) is 0 Å². The molecular weight excluding hydrogens is 282 g/mol. The first-order valence-corrected chi connectivity index (χ1v) is 6.43. The van der Waals surface area contributed by atoms with Crippen molar-refractivity contribution in [2.45, 2.75) is 12.8 Å². The first-order chi connectivity index (χ1) is 8.08. The van der Waals surface area contributed by atoms with E-state index < -0.39 is 0 Å².